The van der Waals surface area contributed by atoms with Gasteiger partial charge in [-0.2, -0.15) is 0 Å². The number of nitrogens with two attached hydrogens (primary N) is 1. The fourth-order valence-corrected chi connectivity index (χ4v) is 3.02. The van der Waals surface area contributed by atoms with Gasteiger partial charge < -0.3 is 10.5 Å². The molecule has 24 heavy (non-hydrogen) atoms. The van der Waals surface area contributed by atoms with Gasteiger partial charge in [0.15, 0.2) is 0 Å². The first kappa shape index (κ1) is 22.9. The van der Waals surface area contributed by atoms with Gasteiger partial charge >= 0.3 is 5.97 Å². The largest absolute Gasteiger partial charge is 0.458 e. The molecule has 0 fully saturated rings. The topological polar surface area (TPSA) is 52.3 Å². The summed E-state index contributed by atoms with van der Waals surface area (Å²) in [5.74, 6) is -0.273. The molecule has 0 bridgehead atoms. The fourth-order valence-electron chi connectivity index (χ4n) is 3.02. The Morgan fingerprint density at radius 1 is 1.00 bits per heavy atom. The molecule has 0 aromatic heterocycles. The van der Waals surface area contributed by atoms with E-state index in [-0.39, 0.29) is 30.5 Å². The molecule has 138 valence electrons. The number of esters is 1. The summed E-state index contributed by atoms with van der Waals surface area (Å²) in [5, 5.41) is 0. The van der Waals surface area contributed by atoms with Gasteiger partial charge in [-0.1, -0.05) is 63.4 Å². The summed E-state index contributed by atoms with van der Waals surface area (Å²) < 4.78 is 5.89. The summed E-state index contributed by atoms with van der Waals surface area (Å²) in [6, 6.07) is 10.4. The van der Waals surface area contributed by atoms with Crippen LogP contribution in [0.3, 0.4) is 0 Å². The van der Waals surface area contributed by atoms with Crippen molar-refractivity contribution in [3.05, 3.63) is 35.9 Å². The zero-order valence-electron chi connectivity index (χ0n) is 15.3. The van der Waals surface area contributed by atoms with E-state index in [1.165, 1.54) is 18.4 Å². The lowest BCUT2D eigenvalue weighted by molar-refractivity contribution is -0.161. The number of halogens is 1. The van der Waals surface area contributed by atoms with E-state index >= 15 is 0 Å². The van der Waals surface area contributed by atoms with Crippen molar-refractivity contribution in [3.63, 3.8) is 0 Å². The Bertz CT molecular complexity index is 439. The van der Waals surface area contributed by atoms with E-state index in [4.69, 9.17) is 10.5 Å². The molecule has 0 spiro atoms. The van der Waals surface area contributed by atoms with Crippen LogP contribution in [0.4, 0.5) is 0 Å². The molecule has 0 aliphatic carbocycles. The number of benzene rings is 1. The van der Waals surface area contributed by atoms with Crippen LogP contribution in [0.1, 0.15) is 70.8 Å². The number of carbonyl (C=O) groups excluding carboxylic acids is 1. The number of hydrogen-bond donors (Lipinski definition) is 1. The molecule has 0 radical (unpaired) electrons. The molecule has 4 heteroatoms. The predicted molar refractivity (Wildman–Crippen MR) is 104 cm³/mol. The molecule has 0 saturated heterocycles. The number of aryl methyl sites for hydroxylation is 1. The molecule has 2 N–H and O–H groups in total. The quantitative estimate of drug-likeness (QED) is 0.421. The van der Waals surface area contributed by atoms with Crippen molar-refractivity contribution in [1.82, 2.24) is 0 Å². The van der Waals surface area contributed by atoms with E-state index in [0.29, 0.717) is 0 Å². The molecule has 0 amide bonds. The summed E-state index contributed by atoms with van der Waals surface area (Å²) in [6.45, 7) is 4.34. The van der Waals surface area contributed by atoms with Crippen molar-refractivity contribution in [2.24, 2.45) is 5.73 Å². The van der Waals surface area contributed by atoms with Gasteiger partial charge in [-0.15, -0.1) is 12.4 Å². The zero-order chi connectivity index (χ0) is 17.0. The fraction of sp³-hybridized carbons (Fsp3) is 0.650. The summed E-state index contributed by atoms with van der Waals surface area (Å²) in [5.41, 5.74) is 6.44. The highest BCUT2D eigenvalue weighted by Gasteiger charge is 2.32. The second-order valence-electron chi connectivity index (χ2n) is 6.41. The summed E-state index contributed by atoms with van der Waals surface area (Å²) in [4.78, 5) is 11.9. The van der Waals surface area contributed by atoms with E-state index in [0.717, 1.165) is 44.9 Å². The number of hydrogen-bond acceptors (Lipinski definition) is 3. The maximum Gasteiger partial charge on any atom is 0.320 e. The predicted octanol–water partition coefficient (Wildman–Crippen LogP) is 5.05. The van der Waals surface area contributed by atoms with Crippen LogP contribution in [-0.4, -0.2) is 18.1 Å². The Hall–Kier alpha value is -1.06. The Balaban J connectivity index is 0.00000529. The van der Waals surface area contributed by atoms with Crippen molar-refractivity contribution >= 4 is 18.4 Å². The minimum Gasteiger partial charge on any atom is -0.458 e. The number of carbonyl (C=O) groups is 1. The smallest absolute Gasteiger partial charge is 0.320 e. The van der Waals surface area contributed by atoms with Crippen molar-refractivity contribution in [2.45, 2.75) is 77.2 Å². The molecule has 1 aromatic rings. The highest BCUT2D eigenvalue weighted by Crippen LogP contribution is 2.31. The van der Waals surface area contributed by atoms with Gasteiger partial charge in [0.1, 0.15) is 5.60 Å². The van der Waals surface area contributed by atoms with Crippen LogP contribution in [0.5, 0.6) is 0 Å². The first-order chi connectivity index (χ1) is 11.2. The third-order valence-electron chi connectivity index (χ3n) is 4.43. The second-order valence-corrected chi connectivity index (χ2v) is 6.41. The van der Waals surface area contributed by atoms with Crippen LogP contribution in [-0.2, 0) is 16.0 Å². The molecule has 1 aromatic carbocycles. The Kier molecular flexibility index (Phi) is 12.7. The van der Waals surface area contributed by atoms with Crippen molar-refractivity contribution in [2.75, 3.05) is 6.54 Å². The number of rotatable bonds is 12. The lowest BCUT2D eigenvalue weighted by atomic mass is 9.84. The van der Waals surface area contributed by atoms with Crippen molar-refractivity contribution in [3.8, 4) is 0 Å². The third kappa shape index (κ3) is 8.70. The van der Waals surface area contributed by atoms with Gasteiger partial charge in [0.2, 0.25) is 0 Å². The van der Waals surface area contributed by atoms with E-state index in [1.807, 2.05) is 6.07 Å². The Morgan fingerprint density at radius 3 is 2.21 bits per heavy atom. The first-order valence-corrected chi connectivity index (χ1v) is 9.11. The van der Waals surface area contributed by atoms with Crippen LogP contribution in [0.15, 0.2) is 30.3 Å². The summed E-state index contributed by atoms with van der Waals surface area (Å²) in [6.07, 6.45) is 9.35. The standard InChI is InChI=1S/C20H33NO2.ClH/c1-3-5-10-15-20(14-6-4-2,23-19(22)17-21)16-13-18-11-8-7-9-12-18;/h7-9,11-12H,3-6,10,13-17,21H2,1-2H3;1H. The first-order valence-electron chi connectivity index (χ1n) is 9.11. The van der Waals surface area contributed by atoms with Gasteiger partial charge in [-0.25, -0.2) is 0 Å². The van der Waals surface area contributed by atoms with Gasteiger partial charge in [0.25, 0.3) is 0 Å². The average molecular weight is 356 g/mol. The minimum atomic E-state index is -0.350. The molecule has 1 atom stereocenters. The van der Waals surface area contributed by atoms with Gasteiger partial charge in [0, 0.05) is 0 Å². The molecule has 0 aliphatic heterocycles. The Morgan fingerprint density at radius 2 is 1.62 bits per heavy atom. The number of unbranched alkanes of at least 4 members (excludes halogenated alkanes) is 3. The molecule has 3 nitrogen and oxygen atoms in total. The Labute approximate surface area is 153 Å². The van der Waals surface area contributed by atoms with Crippen LogP contribution >= 0.6 is 12.4 Å². The highest BCUT2D eigenvalue weighted by molar-refractivity contribution is 5.85. The minimum absolute atomic E-state index is 0. The lowest BCUT2D eigenvalue weighted by Gasteiger charge is -2.34. The normalized spacial score (nSPS) is 13.0. The summed E-state index contributed by atoms with van der Waals surface area (Å²) >= 11 is 0. The zero-order valence-corrected chi connectivity index (χ0v) is 16.1. The van der Waals surface area contributed by atoms with Crippen molar-refractivity contribution < 1.29 is 9.53 Å². The van der Waals surface area contributed by atoms with E-state index in [1.54, 1.807) is 0 Å². The summed E-state index contributed by atoms with van der Waals surface area (Å²) in [7, 11) is 0. The maximum absolute atomic E-state index is 11.9. The highest BCUT2D eigenvalue weighted by atomic mass is 35.5. The van der Waals surface area contributed by atoms with E-state index < -0.39 is 0 Å². The monoisotopic (exact) mass is 355 g/mol. The molecular weight excluding hydrogens is 322 g/mol. The van der Waals surface area contributed by atoms with Crippen LogP contribution in [0.25, 0.3) is 0 Å². The number of ether oxygens (including phenoxy) is 1. The van der Waals surface area contributed by atoms with Gasteiger partial charge in [-0.3, -0.25) is 4.79 Å². The van der Waals surface area contributed by atoms with Crippen molar-refractivity contribution in [1.29, 1.82) is 0 Å². The van der Waals surface area contributed by atoms with E-state index in [2.05, 4.69) is 38.1 Å². The van der Waals surface area contributed by atoms with Crippen LogP contribution < -0.4 is 5.73 Å². The SMILES string of the molecule is CCCCCC(CCCC)(CCc1ccccc1)OC(=O)CN.Cl. The van der Waals surface area contributed by atoms with Crippen LogP contribution in [0, 0.1) is 0 Å². The van der Waals surface area contributed by atoms with Gasteiger partial charge in [0.05, 0.1) is 6.54 Å². The molecule has 1 unspecified atom stereocenters. The van der Waals surface area contributed by atoms with Crippen LogP contribution in [0.2, 0.25) is 0 Å². The van der Waals surface area contributed by atoms with E-state index in [9.17, 15) is 4.79 Å². The van der Waals surface area contributed by atoms with Gasteiger partial charge in [-0.05, 0) is 44.1 Å². The maximum atomic E-state index is 11.9. The molecule has 1 rings (SSSR count). The third-order valence-corrected chi connectivity index (χ3v) is 4.43. The average Bonchev–Trinajstić information content (AvgIpc) is 2.59. The second kappa shape index (κ2) is 13.3. The molecule has 0 aliphatic rings. The molecule has 0 saturated carbocycles. The molecular formula is C20H34ClNO2. The lowest BCUT2D eigenvalue weighted by Crippen LogP contribution is -2.38. The molecule has 0 heterocycles.